The molecular weight excluding hydrogens is 274 g/mol. The van der Waals surface area contributed by atoms with Gasteiger partial charge in [0.25, 0.3) is 0 Å². The van der Waals surface area contributed by atoms with Gasteiger partial charge in [-0.1, -0.05) is 36.1 Å². The number of hydrogen-bond acceptors (Lipinski definition) is 6. The van der Waals surface area contributed by atoms with Crippen LogP contribution in [0.2, 0.25) is 0 Å². The van der Waals surface area contributed by atoms with Gasteiger partial charge in [0.2, 0.25) is 11.0 Å². The third kappa shape index (κ3) is 3.79. The number of carbonyl (C=O) groups is 1. The Kier molecular flexibility index (Phi) is 4.52. The van der Waals surface area contributed by atoms with Gasteiger partial charge in [0.1, 0.15) is 0 Å². The van der Waals surface area contributed by atoms with E-state index in [1.807, 2.05) is 13.0 Å². The van der Waals surface area contributed by atoms with Gasteiger partial charge in [-0.3, -0.25) is 4.79 Å². The number of amides is 1. The second-order valence-electron chi connectivity index (χ2n) is 3.14. The standard InChI is InChI=1S/C10H11N3OS3/c1-2-8(14)11-9-12-13-10(17-9)16-6-7-4-3-5-15-7/h3-5H,2,6H2,1H3,(H,11,12,14). The molecule has 0 aliphatic rings. The van der Waals surface area contributed by atoms with E-state index in [9.17, 15) is 4.79 Å². The van der Waals surface area contributed by atoms with Crippen LogP contribution in [0.3, 0.4) is 0 Å². The summed E-state index contributed by atoms with van der Waals surface area (Å²) in [4.78, 5) is 12.5. The number of hydrogen-bond donors (Lipinski definition) is 1. The molecule has 0 unspecified atom stereocenters. The molecular formula is C10H11N3OS3. The number of aromatic nitrogens is 2. The molecule has 0 aliphatic heterocycles. The molecule has 0 bridgehead atoms. The highest BCUT2D eigenvalue weighted by atomic mass is 32.2. The predicted molar refractivity (Wildman–Crippen MR) is 72.7 cm³/mol. The Morgan fingerprint density at radius 3 is 3.12 bits per heavy atom. The van der Waals surface area contributed by atoms with Gasteiger partial charge in [0.05, 0.1) is 0 Å². The number of anilines is 1. The third-order valence-corrected chi connectivity index (χ3v) is 4.97. The number of thiophene rings is 1. The molecule has 1 N–H and O–H groups in total. The van der Waals surface area contributed by atoms with Gasteiger partial charge in [0.15, 0.2) is 4.34 Å². The number of nitrogens with one attached hydrogen (secondary N) is 1. The molecule has 0 aromatic carbocycles. The van der Waals surface area contributed by atoms with Gasteiger partial charge in [0, 0.05) is 17.1 Å². The summed E-state index contributed by atoms with van der Waals surface area (Å²) in [7, 11) is 0. The SMILES string of the molecule is CCC(=O)Nc1nnc(SCc2cccs2)s1. The third-order valence-electron chi connectivity index (χ3n) is 1.89. The first-order chi connectivity index (χ1) is 8.28. The Morgan fingerprint density at radius 1 is 1.53 bits per heavy atom. The lowest BCUT2D eigenvalue weighted by Crippen LogP contribution is -2.08. The highest BCUT2D eigenvalue weighted by Crippen LogP contribution is 2.29. The van der Waals surface area contributed by atoms with Gasteiger partial charge >= 0.3 is 0 Å². The minimum Gasteiger partial charge on any atom is -0.301 e. The van der Waals surface area contributed by atoms with E-state index in [1.54, 1.807) is 23.1 Å². The number of carbonyl (C=O) groups excluding carboxylic acids is 1. The van der Waals surface area contributed by atoms with Crippen LogP contribution in [0.15, 0.2) is 21.9 Å². The second kappa shape index (κ2) is 6.13. The van der Waals surface area contributed by atoms with E-state index >= 15 is 0 Å². The molecule has 7 heteroatoms. The van der Waals surface area contributed by atoms with E-state index in [4.69, 9.17) is 0 Å². The summed E-state index contributed by atoms with van der Waals surface area (Å²) in [5.41, 5.74) is 0. The van der Waals surface area contributed by atoms with Crippen LogP contribution in [0.25, 0.3) is 0 Å². The lowest BCUT2D eigenvalue weighted by molar-refractivity contribution is -0.115. The molecule has 0 saturated heterocycles. The molecule has 90 valence electrons. The van der Waals surface area contributed by atoms with Crippen LogP contribution in [0.4, 0.5) is 5.13 Å². The molecule has 4 nitrogen and oxygen atoms in total. The molecule has 0 fully saturated rings. The molecule has 1 amide bonds. The zero-order valence-electron chi connectivity index (χ0n) is 9.17. The monoisotopic (exact) mass is 285 g/mol. The first-order valence-corrected chi connectivity index (χ1v) is 7.74. The van der Waals surface area contributed by atoms with Gasteiger partial charge < -0.3 is 5.32 Å². The minimum absolute atomic E-state index is 0.0315. The largest absolute Gasteiger partial charge is 0.301 e. The van der Waals surface area contributed by atoms with Crippen LogP contribution in [0.5, 0.6) is 0 Å². The maximum absolute atomic E-state index is 11.2. The molecule has 17 heavy (non-hydrogen) atoms. The van der Waals surface area contributed by atoms with Gasteiger partial charge in [-0.05, 0) is 11.4 Å². The number of rotatable bonds is 5. The second-order valence-corrected chi connectivity index (χ2v) is 6.38. The molecule has 2 aromatic heterocycles. The van der Waals surface area contributed by atoms with E-state index in [1.165, 1.54) is 16.2 Å². The fourth-order valence-electron chi connectivity index (χ4n) is 1.05. The van der Waals surface area contributed by atoms with Gasteiger partial charge in [-0.2, -0.15) is 0 Å². The maximum atomic E-state index is 11.2. The van der Waals surface area contributed by atoms with E-state index in [0.29, 0.717) is 11.6 Å². The number of nitrogens with zero attached hydrogens (tertiary/aromatic N) is 2. The van der Waals surface area contributed by atoms with Crippen molar-refractivity contribution >= 4 is 45.5 Å². The van der Waals surface area contributed by atoms with E-state index in [-0.39, 0.29) is 5.91 Å². The van der Waals surface area contributed by atoms with Crippen molar-refractivity contribution < 1.29 is 4.79 Å². The van der Waals surface area contributed by atoms with Crippen molar-refractivity contribution in [1.29, 1.82) is 0 Å². The fourth-order valence-corrected chi connectivity index (χ4v) is 3.60. The first-order valence-electron chi connectivity index (χ1n) is 5.06. The topological polar surface area (TPSA) is 54.9 Å². The summed E-state index contributed by atoms with van der Waals surface area (Å²) < 4.78 is 0.879. The quantitative estimate of drug-likeness (QED) is 0.677. The summed E-state index contributed by atoms with van der Waals surface area (Å²) in [5.74, 6) is 0.865. The first kappa shape index (κ1) is 12.5. The van der Waals surface area contributed by atoms with Crippen LogP contribution in [-0.4, -0.2) is 16.1 Å². The van der Waals surface area contributed by atoms with Crippen LogP contribution in [-0.2, 0) is 10.5 Å². The van der Waals surface area contributed by atoms with E-state index in [0.717, 1.165) is 10.1 Å². The van der Waals surface area contributed by atoms with Crippen LogP contribution in [0.1, 0.15) is 18.2 Å². The Hall–Kier alpha value is -0.920. The maximum Gasteiger partial charge on any atom is 0.225 e. The van der Waals surface area contributed by atoms with Crippen LogP contribution in [0, 0.1) is 0 Å². The molecule has 2 rings (SSSR count). The average Bonchev–Trinajstić information content (AvgIpc) is 2.97. The van der Waals surface area contributed by atoms with E-state index < -0.39 is 0 Å². The highest BCUT2D eigenvalue weighted by molar-refractivity contribution is 8.00. The fraction of sp³-hybridized carbons (Fsp3) is 0.300. The Bertz CT molecular complexity index is 481. The smallest absolute Gasteiger partial charge is 0.225 e. The van der Waals surface area contributed by atoms with Crippen LogP contribution < -0.4 is 5.32 Å². The van der Waals surface area contributed by atoms with Crippen molar-refractivity contribution in [2.24, 2.45) is 0 Å². The van der Waals surface area contributed by atoms with Crippen molar-refractivity contribution in [2.75, 3.05) is 5.32 Å². The molecule has 2 heterocycles. The summed E-state index contributed by atoms with van der Waals surface area (Å²) in [5, 5.41) is 13.3. The Balaban J connectivity index is 1.88. The highest BCUT2D eigenvalue weighted by Gasteiger charge is 2.07. The zero-order chi connectivity index (χ0) is 12.1. The van der Waals surface area contributed by atoms with E-state index in [2.05, 4.69) is 27.0 Å². The Labute approximate surface area is 111 Å². The molecule has 0 atom stereocenters. The molecule has 2 aromatic rings. The van der Waals surface area contributed by atoms with Crippen LogP contribution >= 0.6 is 34.4 Å². The number of thioether (sulfide) groups is 1. The zero-order valence-corrected chi connectivity index (χ0v) is 11.6. The summed E-state index contributed by atoms with van der Waals surface area (Å²) in [6, 6.07) is 4.13. The lowest BCUT2D eigenvalue weighted by Gasteiger charge is -1.94. The van der Waals surface area contributed by atoms with Crippen molar-refractivity contribution in [1.82, 2.24) is 10.2 Å². The van der Waals surface area contributed by atoms with Crippen molar-refractivity contribution in [3.8, 4) is 0 Å². The van der Waals surface area contributed by atoms with Crippen molar-refractivity contribution in [3.63, 3.8) is 0 Å². The normalized spacial score (nSPS) is 10.4. The van der Waals surface area contributed by atoms with Crippen molar-refractivity contribution in [3.05, 3.63) is 22.4 Å². The van der Waals surface area contributed by atoms with Crippen molar-refractivity contribution in [2.45, 2.75) is 23.4 Å². The summed E-state index contributed by atoms with van der Waals surface area (Å²) in [6.07, 6.45) is 0.456. The summed E-state index contributed by atoms with van der Waals surface area (Å²) in [6.45, 7) is 1.81. The van der Waals surface area contributed by atoms with Gasteiger partial charge in [-0.15, -0.1) is 21.5 Å². The lowest BCUT2D eigenvalue weighted by atomic mass is 10.5. The molecule has 0 aliphatic carbocycles. The minimum atomic E-state index is -0.0315. The Morgan fingerprint density at radius 2 is 2.41 bits per heavy atom. The predicted octanol–water partition coefficient (Wildman–Crippen LogP) is 3.24. The molecule has 0 radical (unpaired) electrons. The summed E-state index contributed by atoms with van der Waals surface area (Å²) >= 11 is 4.78. The molecule has 0 spiro atoms. The van der Waals surface area contributed by atoms with Gasteiger partial charge in [-0.25, -0.2) is 0 Å². The average molecular weight is 285 g/mol. The molecule has 0 saturated carbocycles.